The first-order valence-corrected chi connectivity index (χ1v) is 47.1. The fourth-order valence-corrected chi connectivity index (χ4v) is 21.0. The van der Waals surface area contributed by atoms with E-state index in [0.717, 1.165) is 161 Å². The Morgan fingerprint density at radius 2 is 0.370 bits per heavy atom. The van der Waals surface area contributed by atoms with E-state index in [9.17, 15) is 0 Å². The highest BCUT2D eigenvalue weighted by Crippen LogP contribution is 2.48. The Morgan fingerprint density at radius 1 is 0.116 bits per heavy atom. The molecule has 23 aromatic carbocycles. The van der Waals surface area contributed by atoms with Gasteiger partial charge in [0.2, 0.25) is 0 Å². The molecule has 0 bridgehead atoms. The number of aromatic nitrogens is 6. The number of hydrogen-bond donors (Lipinski definition) is 0. The molecular formula is C132H82N6. The van der Waals surface area contributed by atoms with Crippen LogP contribution in [0.5, 0.6) is 0 Å². The number of hydrogen-bond acceptors (Lipinski definition) is 6. The van der Waals surface area contributed by atoms with Crippen LogP contribution < -0.4 is 0 Å². The minimum absolute atomic E-state index is 0.672. The van der Waals surface area contributed by atoms with Crippen molar-refractivity contribution >= 4 is 130 Å². The molecule has 4 aromatic heterocycles. The van der Waals surface area contributed by atoms with Crippen molar-refractivity contribution in [3.63, 3.8) is 0 Å². The average Bonchev–Trinajstić information content (AvgIpc) is 0.731. The van der Waals surface area contributed by atoms with Crippen molar-refractivity contribution in [2.24, 2.45) is 0 Å². The molecule has 0 radical (unpaired) electrons. The summed E-state index contributed by atoms with van der Waals surface area (Å²) < 4.78 is 0. The molecule has 6 heteroatoms. The Morgan fingerprint density at radius 3 is 0.746 bits per heavy atom. The zero-order valence-electron chi connectivity index (χ0n) is 75.0. The van der Waals surface area contributed by atoms with Crippen molar-refractivity contribution in [3.8, 4) is 146 Å². The largest absolute Gasteiger partial charge is 0.246 e. The molecule has 0 unspecified atom stereocenters. The van der Waals surface area contributed by atoms with E-state index in [2.05, 4.69) is 467 Å². The van der Waals surface area contributed by atoms with E-state index >= 15 is 0 Å². The van der Waals surface area contributed by atoms with Crippen molar-refractivity contribution in [3.05, 3.63) is 497 Å². The van der Waals surface area contributed by atoms with Gasteiger partial charge in [0.1, 0.15) is 0 Å². The molecule has 138 heavy (non-hydrogen) atoms. The van der Waals surface area contributed by atoms with Crippen molar-refractivity contribution in [2.45, 2.75) is 0 Å². The van der Waals surface area contributed by atoms with Crippen LogP contribution in [-0.2, 0) is 0 Å². The minimum Gasteiger partial charge on any atom is -0.246 e. The number of pyridine rings is 2. The van der Waals surface area contributed by atoms with Crippen LogP contribution in [0.3, 0.4) is 0 Å². The van der Waals surface area contributed by atoms with Crippen LogP contribution in [0.2, 0.25) is 0 Å². The second kappa shape index (κ2) is 34.0. The summed E-state index contributed by atoms with van der Waals surface area (Å²) in [5.41, 5.74) is 26.7. The molecule has 27 aromatic rings. The number of nitrogens with zero attached hydrogens (tertiary/aromatic N) is 6. The fourth-order valence-electron chi connectivity index (χ4n) is 21.0. The zero-order valence-corrected chi connectivity index (χ0v) is 75.0. The lowest BCUT2D eigenvalue weighted by atomic mass is 9.90. The summed E-state index contributed by atoms with van der Waals surface area (Å²) >= 11 is 0. The fraction of sp³-hybridized carbons (Fsp3) is 0. The summed E-state index contributed by atoms with van der Waals surface area (Å²) in [7, 11) is 0. The van der Waals surface area contributed by atoms with E-state index in [1.54, 1.807) is 0 Å². The van der Waals surface area contributed by atoms with Crippen molar-refractivity contribution < 1.29 is 0 Å². The SMILES string of the molecule is c1ccc(-c2cccc(-c3cc(-c4ccc(-c5nc6c(-c7ccc8c9ccccc9c9ccccc9c8c7)cccc6c6c5ccc5ccccc56)cc4)nc(-c4cccc(-c5ccccc5)c4)n3)c2)cc1.c1ccc(-c2cccc(-c3cc(-c4ccc(-c5nc6c(-c7ccc8c9ccccc9c9ccccc9c8c7)cccc6c6c5ccc5ccccc56)cc4)nc(-c4ccccc4)n3)c2)cc1. The third-order valence-corrected chi connectivity index (χ3v) is 27.7. The van der Waals surface area contributed by atoms with Gasteiger partial charge in [0.05, 0.1) is 45.2 Å². The molecule has 0 N–H and O–H groups in total. The summed E-state index contributed by atoms with van der Waals surface area (Å²) in [4.78, 5) is 32.3. The average molecular weight is 1750 g/mol. The lowest BCUT2D eigenvalue weighted by molar-refractivity contribution is 1.18. The summed E-state index contributed by atoms with van der Waals surface area (Å²) in [6.45, 7) is 0. The van der Waals surface area contributed by atoms with E-state index in [1.165, 1.54) is 103 Å². The molecule has 0 atom stereocenters. The molecule has 6 nitrogen and oxygen atoms in total. The van der Waals surface area contributed by atoms with Crippen molar-refractivity contribution in [2.75, 3.05) is 0 Å². The molecule has 0 aliphatic carbocycles. The van der Waals surface area contributed by atoms with E-state index < -0.39 is 0 Å². The normalized spacial score (nSPS) is 11.6. The molecule has 0 spiro atoms. The molecule has 640 valence electrons. The topological polar surface area (TPSA) is 77.3 Å². The van der Waals surface area contributed by atoms with Gasteiger partial charge in [0.25, 0.3) is 0 Å². The standard InChI is InChI=1S/C69H43N3.C63H39N3/c1-3-16-44(17-4-1)49-21-13-23-52(40-49)65-43-64(70-69(71-65)53-24-14-22-50(41-53)45-18-5-2-6-19-45)47-32-34-48(35-33-47)67-62-39-36-46-20-7-8-25-54(46)66(62)61-31-15-30-55(68(61)72-67)51-37-38-60-58-28-10-9-26-56(58)57-27-11-12-29-59(57)63(60)42-51;1-3-15-40(16-4-1)45-20-13-21-47(37-45)59-39-58(64-63(65-59)44-18-5-2-6-19-44)42-29-31-43(32-30-42)61-56-36-33-41-17-7-8-22-48(41)60(56)55-28-14-27-49(62(55)66-61)46-34-35-54-52-25-10-9-23-50(52)51-24-11-12-26-53(51)57(54)38-46/h1-43H;1-39H. The molecule has 0 saturated heterocycles. The monoisotopic (exact) mass is 1750 g/mol. The second-order valence-corrected chi connectivity index (χ2v) is 35.7. The lowest BCUT2D eigenvalue weighted by Gasteiger charge is -2.16. The number of benzene rings is 23. The highest BCUT2D eigenvalue weighted by molar-refractivity contribution is 6.30. The minimum atomic E-state index is 0.672. The van der Waals surface area contributed by atoms with E-state index in [4.69, 9.17) is 29.9 Å². The molecule has 4 heterocycles. The molecule has 0 amide bonds. The molecule has 0 fully saturated rings. The third kappa shape index (κ3) is 14.4. The molecule has 0 saturated carbocycles. The maximum Gasteiger partial charge on any atom is 0.160 e. The first-order chi connectivity index (χ1) is 68.4. The van der Waals surface area contributed by atoms with Crippen LogP contribution in [0, 0.1) is 0 Å². The number of rotatable bonds is 13. The van der Waals surface area contributed by atoms with Crippen LogP contribution >= 0.6 is 0 Å². The van der Waals surface area contributed by atoms with Gasteiger partial charge in [-0.05, 0) is 173 Å². The van der Waals surface area contributed by atoms with Crippen molar-refractivity contribution in [1.82, 2.24) is 29.9 Å². The first-order valence-electron chi connectivity index (χ1n) is 47.1. The zero-order chi connectivity index (χ0) is 91.1. The van der Waals surface area contributed by atoms with Gasteiger partial charge in [-0.15, -0.1) is 0 Å². The van der Waals surface area contributed by atoms with Gasteiger partial charge < -0.3 is 0 Å². The highest BCUT2D eigenvalue weighted by atomic mass is 14.9. The predicted molar refractivity (Wildman–Crippen MR) is 580 cm³/mol. The molecule has 0 aliphatic rings. The van der Waals surface area contributed by atoms with Gasteiger partial charge in [-0.25, -0.2) is 29.9 Å². The van der Waals surface area contributed by atoms with Gasteiger partial charge in [0.15, 0.2) is 11.6 Å². The Balaban J connectivity index is 0.000000143. The molecule has 0 aliphatic heterocycles. The van der Waals surface area contributed by atoms with Crippen molar-refractivity contribution in [1.29, 1.82) is 0 Å². The van der Waals surface area contributed by atoms with Gasteiger partial charge in [-0.2, -0.15) is 0 Å². The first kappa shape index (κ1) is 80.5. The summed E-state index contributed by atoms with van der Waals surface area (Å²) in [6.07, 6.45) is 0. The van der Waals surface area contributed by atoms with E-state index in [0.29, 0.717) is 11.6 Å². The number of para-hydroxylation sites is 2. The quantitative estimate of drug-likeness (QED) is 0.107. The van der Waals surface area contributed by atoms with E-state index in [-0.39, 0.29) is 0 Å². The Kier molecular flexibility index (Phi) is 19.9. The molecule has 27 rings (SSSR count). The summed E-state index contributed by atoms with van der Waals surface area (Å²) in [6, 6.07) is 178. The summed E-state index contributed by atoms with van der Waals surface area (Å²) in [5.74, 6) is 1.36. The third-order valence-electron chi connectivity index (χ3n) is 27.7. The van der Waals surface area contributed by atoms with Gasteiger partial charge in [-0.3, -0.25) is 0 Å². The van der Waals surface area contributed by atoms with Gasteiger partial charge in [-0.1, -0.05) is 455 Å². The lowest BCUT2D eigenvalue weighted by Crippen LogP contribution is -1.97. The maximum atomic E-state index is 5.70. The van der Waals surface area contributed by atoms with Crippen LogP contribution in [0.1, 0.15) is 0 Å². The maximum absolute atomic E-state index is 5.70. The van der Waals surface area contributed by atoms with Crippen LogP contribution in [0.15, 0.2) is 497 Å². The van der Waals surface area contributed by atoms with Gasteiger partial charge >= 0.3 is 0 Å². The predicted octanol–water partition coefficient (Wildman–Crippen LogP) is 35.3. The van der Waals surface area contributed by atoms with Gasteiger partial charge in [0, 0.05) is 88.0 Å². The number of fused-ring (bicyclic) bond motifs is 22. The Labute approximate surface area is 797 Å². The Bertz CT molecular complexity index is 9390. The van der Waals surface area contributed by atoms with Crippen LogP contribution in [-0.4, -0.2) is 29.9 Å². The Hall–Kier alpha value is -18.4. The van der Waals surface area contributed by atoms with E-state index in [1.807, 2.05) is 30.3 Å². The van der Waals surface area contributed by atoms with Crippen LogP contribution in [0.4, 0.5) is 0 Å². The summed E-state index contributed by atoms with van der Waals surface area (Å²) in [5, 5.41) is 26.9. The highest BCUT2D eigenvalue weighted by Gasteiger charge is 2.24. The van der Waals surface area contributed by atoms with Crippen LogP contribution in [0.25, 0.3) is 275 Å². The molecular weight excluding hydrogens is 1670 g/mol. The smallest absolute Gasteiger partial charge is 0.160 e. The second-order valence-electron chi connectivity index (χ2n) is 35.7.